The van der Waals surface area contributed by atoms with Crippen LogP contribution in [-0.2, 0) is 0 Å². The summed E-state index contributed by atoms with van der Waals surface area (Å²) in [5.74, 6) is 0.792. The van der Waals surface area contributed by atoms with Gasteiger partial charge in [-0.1, -0.05) is 0 Å². The van der Waals surface area contributed by atoms with E-state index in [1.807, 2.05) is 0 Å². The zero-order valence-corrected chi connectivity index (χ0v) is 7.67. The molecule has 0 bridgehead atoms. The summed E-state index contributed by atoms with van der Waals surface area (Å²) < 4.78 is 0. The van der Waals surface area contributed by atoms with Crippen molar-refractivity contribution in [1.29, 1.82) is 0 Å². The number of nitrogens with one attached hydrogen (secondary N) is 1. The van der Waals surface area contributed by atoms with Crippen LogP contribution >= 0.6 is 24.4 Å². The Morgan fingerprint density at radius 2 is 1.90 bits per heavy atom. The lowest BCUT2D eigenvalue weighted by Crippen LogP contribution is -2.21. The Bertz CT molecular complexity index is 91.6. The van der Waals surface area contributed by atoms with Crippen LogP contribution in [0.2, 0.25) is 0 Å². The lowest BCUT2D eigenvalue weighted by atomic mass is 9.89. The Labute approximate surface area is 73.0 Å². The topological polar surface area (TPSA) is 12.0 Å². The van der Waals surface area contributed by atoms with E-state index in [9.17, 15) is 0 Å². The quantitative estimate of drug-likeness (QED) is 0.490. The Kier molecular flexibility index (Phi) is 3.89. The zero-order chi connectivity index (χ0) is 7.40. The highest BCUT2D eigenvalue weighted by molar-refractivity contribution is 7.80. The highest BCUT2D eigenvalue weighted by Crippen LogP contribution is 2.26. The number of rotatable bonds is 2. The van der Waals surface area contributed by atoms with Gasteiger partial charge >= 0.3 is 0 Å². The maximum absolute atomic E-state index is 5.40. The molecule has 1 aliphatic carbocycles. The summed E-state index contributed by atoms with van der Waals surface area (Å²) in [7, 11) is 0. The second-order valence-corrected chi connectivity index (χ2v) is 4.01. The second kappa shape index (κ2) is 4.47. The van der Waals surface area contributed by atoms with Crippen molar-refractivity contribution in [2.24, 2.45) is 5.92 Å². The standard InChI is InChI=1S/C7H14ClNS/c8-9-5-6-1-3-7(10)4-2-6/h6-7,9-10H,1-5H2. The molecule has 10 heavy (non-hydrogen) atoms. The largest absolute Gasteiger partial charge is 0.233 e. The van der Waals surface area contributed by atoms with Gasteiger partial charge in [-0.3, -0.25) is 0 Å². The highest BCUT2D eigenvalue weighted by Gasteiger charge is 2.17. The van der Waals surface area contributed by atoms with Crippen LogP contribution < -0.4 is 4.84 Å². The van der Waals surface area contributed by atoms with Gasteiger partial charge in [-0.2, -0.15) is 12.6 Å². The molecule has 0 radical (unpaired) electrons. The van der Waals surface area contributed by atoms with Crippen molar-refractivity contribution in [2.45, 2.75) is 30.9 Å². The van der Waals surface area contributed by atoms with E-state index < -0.39 is 0 Å². The third-order valence-corrected chi connectivity index (χ3v) is 2.85. The van der Waals surface area contributed by atoms with Crippen molar-refractivity contribution in [1.82, 2.24) is 4.84 Å². The molecule has 1 saturated carbocycles. The van der Waals surface area contributed by atoms with E-state index in [1.165, 1.54) is 25.7 Å². The van der Waals surface area contributed by atoms with Crippen molar-refractivity contribution in [2.75, 3.05) is 6.54 Å². The lowest BCUT2D eigenvalue weighted by Gasteiger charge is -2.24. The van der Waals surface area contributed by atoms with E-state index in [0.717, 1.165) is 12.5 Å². The first-order valence-corrected chi connectivity index (χ1v) is 4.74. The molecule has 0 aromatic carbocycles. The molecule has 0 spiro atoms. The monoisotopic (exact) mass is 179 g/mol. The fourth-order valence-electron chi connectivity index (χ4n) is 1.46. The second-order valence-electron chi connectivity index (χ2n) is 3.01. The van der Waals surface area contributed by atoms with Gasteiger partial charge in [0.05, 0.1) is 0 Å². The molecule has 3 heteroatoms. The summed E-state index contributed by atoms with van der Waals surface area (Å²) >= 11 is 9.82. The minimum atomic E-state index is 0.645. The maximum Gasteiger partial charge on any atom is 0.0136 e. The summed E-state index contributed by atoms with van der Waals surface area (Å²) in [6.07, 6.45) is 5.08. The van der Waals surface area contributed by atoms with Crippen LogP contribution in [0.3, 0.4) is 0 Å². The van der Waals surface area contributed by atoms with E-state index >= 15 is 0 Å². The normalized spacial score (nSPS) is 34.2. The van der Waals surface area contributed by atoms with Gasteiger partial charge in [0.2, 0.25) is 0 Å². The SMILES string of the molecule is SC1CCC(CNCl)CC1. The molecule has 1 nitrogen and oxygen atoms in total. The van der Waals surface area contributed by atoms with Gasteiger partial charge < -0.3 is 0 Å². The van der Waals surface area contributed by atoms with Gasteiger partial charge in [-0.25, -0.2) is 4.84 Å². The smallest absolute Gasteiger partial charge is 0.0136 e. The molecule has 0 amide bonds. The predicted octanol–water partition coefficient (Wildman–Crippen LogP) is 2.22. The molecule has 0 aromatic heterocycles. The van der Waals surface area contributed by atoms with Crippen LogP contribution in [0.15, 0.2) is 0 Å². The van der Waals surface area contributed by atoms with Crippen LogP contribution in [0.1, 0.15) is 25.7 Å². The highest BCUT2D eigenvalue weighted by atomic mass is 35.5. The molecule has 0 aliphatic heterocycles. The molecule has 0 aromatic rings. The number of hydrogen-bond acceptors (Lipinski definition) is 2. The molecule has 1 N–H and O–H groups in total. The van der Waals surface area contributed by atoms with Crippen LogP contribution in [0.4, 0.5) is 0 Å². The van der Waals surface area contributed by atoms with Crippen LogP contribution in [0.25, 0.3) is 0 Å². The minimum Gasteiger partial charge on any atom is -0.233 e. The van der Waals surface area contributed by atoms with E-state index in [2.05, 4.69) is 17.5 Å². The zero-order valence-electron chi connectivity index (χ0n) is 6.02. The minimum absolute atomic E-state index is 0.645. The van der Waals surface area contributed by atoms with Crippen LogP contribution in [0, 0.1) is 5.92 Å². The van der Waals surface area contributed by atoms with E-state index in [0.29, 0.717) is 5.25 Å². The number of thiol groups is 1. The van der Waals surface area contributed by atoms with Crippen molar-refractivity contribution in [3.05, 3.63) is 0 Å². The lowest BCUT2D eigenvalue weighted by molar-refractivity contribution is 0.367. The van der Waals surface area contributed by atoms with E-state index in [4.69, 9.17) is 11.8 Å². The fourth-order valence-corrected chi connectivity index (χ4v) is 1.97. The van der Waals surface area contributed by atoms with Gasteiger partial charge in [0.15, 0.2) is 0 Å². The van der Waals surface area contributed by atoms with Gasteiger partial charge in [-0.15, -0.1) is 0 Å². The molecule has 0 atom stereocenters. The van der Waals surface area contributed by atoms with Crippen molar-refractivity contribution < 1.29 is 0 Å². The fraction of sp³-hybridized carbons (Fsp3) is 1.00. The molecule has 0 heterocycles. The molecule has 60 valence electrons. The van der Waals surface area contributed by atoms with Crippen molar-refractivity contribution in [3.8, 4) is 0 Å². The Balaban J connectivity index is 2.13. The van der Waals surface area contributed by atoms with E-state index in [1.54, 1.807) is 0 Å². The van der Waals surface area contributed by atoms with Gasteiger partial charge in [-0.05, 0) is 43.4 Å². The first kappa shape index (κ1) is 8.69. The summed E-state index contributed by atoms with van der Waals surface area (Å²) in [4.78, 5) is 2.70. The first-order valence-electron chi connectivity index (χ1n) is 3.84. The summed E-state index contributed by atoms with van der Waals surface area (Å²) in [5.41, 5.74) is 0. The summed E-state index contributed by atoms with van der Waals surface area (Å²) in [6, 6.07) is 0. The molecular formula is C7H14ClNS. The molecule has 1 aliphatic rings. The summed E-state index contributed by atoms with van der Waals surface area (Å²) in [6.45, 7) is 0.960. The number of halogens is 1. The molecular weight excluding hydrogens is 166 g/mol. The van der Waals surface area contributed by atoms with E-state index in [-0.39, 0.29) is 0 Å². The predicted molar refractivity (Wildman–Crippen MR) is 48.6 cm³/mol. The third kappa shape index (κ3) is 2.69. The third-order valence-electron chi connectivity index (χ3n) is 2.18. The maximum atomic E-state index is 5.40. The van der Waals surface area contributed by atoms with Crippen molar-refractivity contribution >= 4 is 24.4 Å². The van der Waals surface area contributed by atoms with Crippen LogP contribution in [-0.4, -0.2) is 11.8 Å². The molecule has 1 fully saturated rings. The van der Waals surface area contributed by atoms with Gasteiger partial charge in [0.1, 0.15) is 0 Å². The Morgan fingerprint density at radius 1 is 1.30 bits per heavy atom. The first-order chi connectivity index (χ1) is 4.83. The average Bonchev–Trinajstić information content (AvgIpc) is 1.95. The van der Waals surface area contributed by atoms with Crippen LogP contribution in [0.5, 0.6) is 0 Å². The average molecular weight is 180 g/mol. The molecule has 1 rings (SSSR count). The Hall–Kier alpha value is 0.600. The molecule has 0 unspecified atom stereocenters. The molecule has 0 saturated heterocycles. The van der Waals surface area contributed by atoms with Gasteiger partial charge in [0, 0.05) is 11.8 Å². The van der Waals surface area contributed by atoms with Crippen molar-refractivity contribution in [3.63, 3.8) is 0 Å². The summed E-state index contributed by atoms with van der Waals surface area (Å²) in [5, 5.41) is 0.645. The van der Waals surface area contributed by atoms with Gasteiger partial charge in [0.25, 0.3) is 0 Å². The number of hydrogen-bond donors (Lipinski definition) is 2. The Morgan fingerprint density at radius 3 is 2.40 bits per heavy atom.